The normalized spacial score (nSPS) is 39.4. The van der Waals surface area contributed by atoms with E-state index in [-0.39, 0.29) is 5.91 Å². The van der Waals surface area contributed by atoms with Crippen LogP contribution in [0.15, 0.2) is 0 Å². The Bertz CT molecular complexity index is 286. The van der Waals surface area contributed by atoms with Crippen molar-refractivity contribution >= 4 is 5.91 Å². The first-order valence-corrected chi connectivity index (χ1v) is 7.14. The molecule has 2 aliphatic carbocycles. The summed E-state index contributed by atoms with van der Waals surface area (Å²) in [7, 11) is 0. The summed E-state index contributed by atoms with van der Waals surface area (Å²) in [6.07, 6.45) is 8.25. The minimum absolute atomic E-state index is 0.136. The third-order valence-electron chi connectivity index (χ3n) is 5.12. The molecule has 0 aromatic heterocycles. The predicted molar refractivity (Wildman–Crippen MR) is 69.5 cm³/mol. The Hall–Kier alpha value is -0.570. The molecule has 0 bridgehead atoms. The Morgan fingerprint density at radius 3 is 2.41 bits per heavy atom. The molecule has 3 nitrogen and oxygen atoms in total. The van der Waals surface area contributed by atoms with Crippen molar-refractivity contribution in [2.24, 2.45) is 17.6 Å². The molecule has 3 atom stereocenters. The molecule has 2 saturated carbocycles. The maximum atomic E-state index is 12.0. The van der Waals surface area contributed by atoms with Crippen LogP contribution in [-0.2, 0) is 4.79 Å². The lowest BCUT2D eigenvalue weighted by Crippen LogP contribution is -2.64. The fourth-order valence-corrected chi connectivity index (χ4v) is 3.72. The van der Waals surface area contributed by atoms with E-state index in [0.29, 0.717) is 17.9 Å². The second-order valence-electron chi connectivity index (χ2n) is 6.12. The molecule has 2 aliphatic rings. The lowest BCUT2D eigenvalue weighted by molar-refractivity contribution is -0.129. The minimum atomic E-state index is -0.438. The van der Waals surface area contributed by atoms with E-state index in [1.54, 1.807) is 0 Å². The van der Waals surface area contributed by atoms with Gasteiger partial charge in [0.25, 0.3) is 0 Å². The number of nitrogens with two attached hydrogens (primary N) is 1. The van der Waals surface area contributed by atoms with Crippen LogP contribution in [-0.4, -0.2) is 17.5 Å². The largest absolute Gasteiger partial charge is 0.368 e. The third-order valence-corrected chi connectivity index (χ3v) is 5.12. The molecule has 2 fully saturated rings. The summed E-state index contributed by atoms with van der Waals surface area (Å²) in [5.41, 5.74) is 5.29. The fraction of sp³-hybridized carbons (Fsp3) is 0.929. The van der Waals surface area contributed by atoms with Gasteiger partial charge in [-0.2, -0.15) is 0 Å². The van der Waals surface area contributed by atoms with Crippen molar-refractivity contribution < 1.29 is 4.79 Å². The molecule has 3 heteroatoms. The minimum Gasteiger partial charge on any atom is -0.368 e. The highest BCUT2D eigenvalue weighted by molar-refractivity contribution is 5.85. The molecular weight excluding hydrogens is 212 g/mol. The molecule has 17 heavy (non-hydrogen) atoms. The van der Waals surface area contributed by atoms with Crippen LogP contribution in [0.1, 0.15) is 58.8 Å². The fourth-order valence-electron chi connectivity index (χ4n) is 3.72. The molecule has 0 heterocycles. The maximum absolute atomic E-state index is 12.0. The summed E-state index contributed by atoms with van der Waals surface area (Å²) in [6, 6.07) is 0.509. The van der Waals surface area contributed by atoms with Crippen LogP contribution in [0.5, 0.6) is 0 Å². The van der Waals surface area contributed by atoms with Gasteiger partial charge >= 0.3 is 0 Å². The Morgan fingerprint density at radius 1 is 1.18 bits per heavy atom. The summed E-state index contributed by atoms with van der Waals surface area (Å²) in [6.45, 7) is 4.44. The lowest BCUT2D eigenvalue weighted by Gasteiger charge is -2.45. The third kappa shape index (κ3) is 2.35. The van der Waals surface area contributed by atoms with Gasteiger partial charge in [-0.1, -0.05) is 39.5 Å². The first kappa shape index (κ1) is 12.9. The van der Waals surface area contributed by atoms with Gasteiger partial charge in [0.15, 0.2) is 0 Å². The van der Waals surface area contributed by atoms with Crippen molar-refractivity contribution in [3.8, 4) is 0 Å². The second-order valence-corrected chi connectivity index (χ2v) is 6.12. The van der Waals surface area contributed by atoms with E-state index >= 15 is 0 Å². The van der Waals surface area contributed by atoms with E-state index in [1.165, 1.54) is 32.1 Å². The van der Waals surface area contributed by atoms with Gasteiger partial charge in [-0.25, -0.2) is 0 Å². The molecule has 0 spiro atoms. The number of hydrogen-bond acceptors (Lipinski definition) is 2. The highest BCUT2D eigenvalue weighted by atomic mass is 16.1. The zero-order valence-electron chi connectivity index (χ0n) is 11.2. The summed E-state index contributed by atoms with van der Waals surface area (Å²) in [5.74, 6) is 0.808. The van der Waals surface area contributed by atoms with Gasteiger partial charge in [0.1, 0.15) is 5.54 Å². The zero-order valence-corrected chi connectivity index (χ0v) is 11.2. The van der Waals surface area contributed by atoms with E-state index in [1.807, 2.05) is 0 Å². The first-order valence-electron chi connectivity index (χ1n) is 7.14. The molecule has 2 rings (SSSR count). The molecule has 0 aliphatic heterocycles. The van der Waals surface area contributed by atoms with Crippen molar-refractivity contribution in [2.45, 2.75) is 70.4 Å². The molecule has 3 unspecified atom stereocenters. The van der Waals surface area contributed by atoms with Crippen LogP contribution in [0.4, 0.5) is 0 Å². The average molecular weight is 238 g/mol. The van der Waals surface area contributed by atoms with E-state index in [9.17, 15) is 4.79 Å². The Labute approximate surface area is 105 Å². The molecular formula is C14H26N2O. The van der Waals surface area contributed by atoms with Gasteiger partial charge in [-0.05, 0) is 31.1 Å². The van der Waals surface area contributed by atoms with Crippen molar-refractivity contribution in [3.63, 3.8) is 0 Å². The summed E-state index contributed by atoms with van der Waals surface area (Å²) >= 11 is 0. The van der Waals surface area contributed by atoms with Crippen LogP contribution in [0.2, 0.25) is 0 Å². The number of carbonyl (C=O) groups excluding carboxylic acids is 1. The standard InChI is InChI=1S/C14H26N2O/c1-10-6-5-9-14(11(10)2,13(15)17)16-12-7-3-4-8-12/h10-12,16H,3-9H2,1-2H3,(H2,15,17). The first-order chi connectivity index (χ1) is 8.06. The summed E-state index contributed by atoms with van der Waals surface area (Å²) in [4.78, 5) is 12.0. The molecule has 0 aromatic carbocycles. The van der Waals surface area contributed by atoms with E-state index < -0.39 is 5.54 Å². The quantitative estimate of drug-likeness (QED) is 0.792. The van der Waals surface area contributed by atoms with Crippen LogP contribution in [0, 0.1) is 11.8 Å². The van der Waals surface area contributed by atoms with Crippen LogP contribution in [0.3, 0.4) is 0 Å². The van der Waals surface area contributed by atoms with Crippen molar-refractivity contribution in [1.29, 1.82) is 0 Å². The number of amides is 1. The second kappa shape index (κ2) is 4.97. The van der Waals surface area contributed by atoms with Gasteiger partial charge < -0.3 is 11.1 Å². The van der Waals surface area contributed by atoms with Crippen molar-refractivity contribution in [2.75, 3.05) is 0 Å². The predicted octanol–water partition coefficient (Wildman–Crippen LogP) is 2.20. The van der Waals surface area contributed by atoms with E-state index in [2.05, 4.69) is 19.2 Å². The molecule has 0 aromatic rings. The average Bonchev–Trinajstić information content (AvgIpc) is 2.77. The number of hydrogen-bond donors (Lipinski definition) is 2. The number of carbonyl (C=O) groups is 1. The highest BCUT2D eigenvalue weighted by Gasteiger charge is 2.47. The molecule has 98 valence electrons. The smallest absolute Gasteiger partial charge is 0.238 e. The van der Waals surface area contributed by atoms with Gasteiger partial charge in [-0.3, -0.25) is 4.79 Å². The Morgan fingerprint density at radius 2 is 1.82 bits per heavy atom. The molecule has 0 saturated heterocycles. The SMILES string of the molecule is CC1CCCC(NC2CCCC2)(C(N)=O)C1C. The van der Waals surface area contributed by atoms with Crippen molar-refractivity contribution in [3.05, 3.63) is 0 Å². The van der Waals surface area contributed by atoms with Gasteiger partial charge in [0.2, 0.25) is 5.91 Å². The Balaban J connectivity index is 2.15. The Kier molecular flexibility index (Phi) is 3.76. The summed E-state index contributed by atoms with van der Waals surface area (Å²) in [5, 5.41) is 3.64. The summed E-state index contributed by atoms with van der Waals surface area (Å²) < 4.78 is 0. The number of nitrogens with one attached hydrogen (secondary N) is 1. The molecule has 1 amide bonds. The van der Waals surface area contributed by atoms with Crippen molar-refractivity contribution in [1.82, 2.24) is 5.32 Å². The number of primary amides is 1. The van der Waals surface area contributed by atoms with Crippen LogP contribution in [0.25, 0.3) is 0 Å². The van der Waals surface area contributed by atoms with Gasteiger partial charge in [0, 0.05) is 6.04 Å². The highest BCUT2D eigenvalue weighted by Crippen LogP contribution is 2.39. The van der Waals surface area contributed by atoms with E-state index in [4.69, 9.17) is 5.73 Å². The molecule has 3 N–H and O–H groups in total. The monoisotopic (exact) mass is 238 g/mol. The zero-order chi connectivity index (χ0) is 12.5. The molecule has 0 radical (unpaired) electrons. The number of rotatable bonds is 3. The van der Waals surface area contributed by atoms with Crippen LogP contribution >= 0.6 is 0 Å². The van der Waals surface area contributed by atoms with Crippen LogP contribution < -0.4 is 11.1 Å². The van der Waals surface area contributed by atoms with E-state index in [0.717, 1.165) is 12.8 Å². The topological polar surface area (TPSA) is 55.1 Å². The lowest BCUT2D eigenvalue weighted by atomic mass is 9.67. The van der Waals surface area contributed by atoms with Gasteiger partial charge in [0.05, 0.1) is 0 Å². The maximum Gasteiger partial charge on any atom is 0.238 e. The van der Waals surface area contributed by atoms with Gasteiger partial charge in [-0.15, -0.1) is 0 Å².